The van der Waals surface area contributed by atoms with Crippen LogP contribution in [0.25, 0.3) is 0 Å². The van der Waals surface area contributed by atoms with Gasteiger partial charge in [0.25, 0.3) is 10.0 Å². The van der Waals surface area contributed by atoms with Gasteiger partial charge < -0.3 is 10.2 Å². The van der Waals surface area contributed by atoms with Gasteiger partial charge in [0.2, 0.25) is 11.8 Å². The SMILES string of the molecule is O=C(NC1CCCCC1)[C@@H](Cc1ccccc1)N(Cc1c(Cl)cccc1Cl)C(=O)CN(c1ccc(Cl)cc1Cl)S(=O)(=O)c1ccccc1. The summed E-state index contributed by atoms with van der Waals surface area (Å²) in [6.07, 6.45) is 4.95. The topological polar surface area (TPSA) is 86.8 Å². The molecule has 252 valence electrons. The van der Waals surface area contributed by atoms with Crippen LogP contribution in [0.15, 0.2) is 102 Å². The van der Waals surface area contributed by atoms with Gasteiger partial charge in [0.1, 0.15) is 12.6 Å². The average Bonchev–Trinajstić information content (AvgIpc) is 3.08. The monoisotopic (exact) mass is 745 g/mol. The summed E-state index contributed by atoms with van der Waals surface area (Å²) in [7, 11) is -4.33. The second-order valence-corrected chi connectivity index (χ2v) is 15.2. The van der Waals surface area contributed by atoms with Crippen LogP contribution in [0.2, 0.25) is 20.1 Å². The van der Waals surface area contributed by atoms with Crippen LogP contribution in [0.3, 0.4) is 0 Å². The van der Waals surface area contributed by atoms with Gasteiger partial charge in [-0.15, -0.1) is 0 Å². The zero-order chi connectivity index (χ0) is 34.3. The number of hydrogen-bond acceptors (Lipinski definition) is 4. The lowest BCUT2D eigenvalue weighted by Crippen LogP contribution is -2.55. The molecule has 0 spiro atoms. The molecule has 4 aromatic carbocycles. The van der Waals surface area contributed by atoms with E-state index in [0.29, 0.717) is 20.6 Å². The third kappa shape index (κ3) is 8.84. The number of carbonyl (C=O) groups is 2. The molecule has 0 radical (unpaired) electrons. The number of rotatable bonds is 12. The van der Waals surface area contributed by atoms with E-state index in [4.69, 9.17) is 46.4 Å². The molecule has 2 amide bonds. The number of anilines is 1. The normalized spacial score (nSPS) is 14.2. The van der Waals surface area contributed by atoms with E-state index in [1.54, 1.807) is 36.4 Å². The van der Waals surface area contributed by atoms with Crippen LogP contribution in [-0.4, -0.2) is 43.8 Å². The van der Waals surface area contributed by atoms with E-state index in [2.05, 4.69) is 5.32 Å². The number of nitrogens with zero attached hydrogens (tertiary/aromatic N) is 2. The van der Waals surface area contributed by atoms with E-state index in [1.165, 1.54) is 35.2 Å². The standard InChI is InChI=1S/C36H35Cl4N3O4S/c37-26-19-20-33(32(40)22-26)43(48(46,47)28-15-8-3-9-16-28)24-35(44)42(23-29-30(38)17-10-18-31(29)39)34(21-25-11-4-1-5-12-25)36(45)41-27-13-6-2-7-14-27/h1,3-5,8-12,15-20,22,27,34H,2,6-7,13-14,21,23-24H2,(H,41,45)/t34-/m1/s1. The van der Waals surface area contributed by atoms with Crippen molar-refractivity contribution in [3.05, 3.63) is 128 Å². The molecule has 1 fully saturated rings. The van der Waals surface area contributed by atoms with Gasteiger partial charge >= 0.3 is 0 Å². The van der Waals surface area contributed by atoms with Crippen molar-refractivity contribution >= 4 is 73.9 Å². The number of halogens is 4. The zero-order valence-electron chi connectivity index (χ0n) is 26.0. The van der Waals surface area contributed by atoms with Crippen molar-refractivity contribution in [1.29, 1.82) is 0 Å². The fourth-order valence-electron chi connectivity index (χ4n) is 5.87. The lowest BCUT2D eigenvalue weighted by atomic mass is 9.94. The Hall–Kier alpha value is -3.27. The Morgan fingerprint density at radius 2 is 1.40 bits per heavy atom. The van der Waals surface area contributed by atoms with Crippen LogP contribution >= 0.6 is 46.4 Å². The van der Waals surface area contributed by atoms with Crippen LogP contribution in [0, 0.1) is 0 Å². The molecule has 1 N–H and O–H groups in total. The molecule has 0 saturated heterocycles. The largest absolute Gasteiger partial charge is 0.352 e. The first kappa shape index (κ1) is 36.0. The second-order valence-electron chi connectivity index (χ2n) is 11.7. The summed E-state index contributed by atoms with van der Waals surface area (Å²) in [6.45, 7) is -0.830. The Morgan fingerprint density at radius 3 is 2.02 bits per heavy atom. The zero-order valence-corrected chi connectivity index (χ0v) is 29.8. The van der Waals surface area contributed by atoms with Crippen LogP contribution < -0.4 is 9.62 Å². The van der Waals surface area contributed by atoms with Crippen molar-refractivity contribution in [2.75, 3.05) is 10.8 Å². The molecular weight excluding hydrogens is 712 g/mol. The quantitative estimate of drug-likeness (QED) is 0.157. The fraction of sp³-hybridized carbons (Fsp3) is 0.278. The van der Waals surface area contributed by atoms with E-state index in [9.17, 15) is 18.0 Å². The van der Waals surface area contributed by atoms with Gasteiger partial charge in [0.15, 0.2) is 0 Å². The van der Waals surface area contributed by atoms with Gasteiger partial charge in [0, 0.05) is 39.6 Å². The lowest BCUT2D eigenvalue weighted by molar-refractivity contribution is -0.140. The molecule has 1 atom stereocenters. The first-order valence-corrected chi connectivity index (χ1v) is 18.6. The molecule has 0 unspecified atom stereocenters. The number of carbonyl (C=O) groups excluding carboxylic acids is 2. The van der Waals surface area contributed by atoms with Crippen molar-refractivity contribution in [2.24, 2.45) is 0 Å². The van der Waals surface area contributed by atoms with E-state index >= 15 is 0 Å². The summed E-state index contributed by atoms with van der Waals surface area (Å²) in [5.41, 5.74) is 1.30. The van der Waals surface area contributed by atoms with E-state index in [1.807, 2.05) is 30.3 Å². The van der Waals surface area contributed by atoms with Crippen LogP contribution in [0.4, 0.5) is 5.69 Å². The highest BCUT2D eigenvalue weighted by molar-refractivity contribution is 7.92. The Kier molecular flexibility index (Phi) is 12.3. The average molecular weight is 748 g/mol. The van der Waals surface area contributed by atoms with Crippen molar-refractivity contribution in [2.45, 2.75) is 62.0 Å². The highest BCUT2D eigenvalue weighted by Gasteiger charge is 2.36. The van der Waals surface area contributed by atoms with Gasteiger partial charge in [-0.2, -0.15) is 0 Å². The molecule has 1 aliphatic rings. The number of nitrogens with one attached hydrogen (secondary N) is 1. The maximum Gasteiger partial charge on any atom is 0.264 e. The maximum atomic E-state index is 14.7. The first-order chi connectivity index (χ1) is 23.0. The Balaban J connectivity index is 1.60. The second kappa shape index (κ2) is 16.4. The molecule has 0 aromatic heterocycles. The summed E-state index contributed by atoms with van der Waals surface area (Å²) in [6, 6.07) is 25.4. The smallest absolute Gasteiger partial charge is 0.264 e. The molecule has 0 bridgehead atoms. The molecule has 12 heteroatoms. The van der Waals surface area contributed by atoms with Crippen molar-refractivity contribution in [1.82, 2.24) is 10.2 Å². The van der Waals surface area contributed by atoms with Gasteiger partial charge in [0.05, 0.1) is 15.6 Å². The molecule has 1 saturated carbocycles. The number of hydrogen-bond donors (Lipinski definition) is 1. The van der Waals surface area contributed by atoms with E-state index in [-0.39, 0.29) is 40.5 Å². The third-order valence-electron chi connectivity index (χ3n) is 8.40. The van der Waals surface area contributed by atoms with Crippen LogP contribution in [-0.2, 0) is 32.6 Å². The minimum absolute atomic E-state index is 0.0337. The molecule has 5 rings (SSSR count). The molecule has 0 heterocycles. The van der Waals surface area contributed by atoms with Crippen molar-refractivity contribution in [3.63, 3.8) is 0 Å². The van der Waals surface area contributed by atoms with Gasteiger partial charge in [-0.1, -0.05) is 120 Å². The van der Waals surface area contributed by atoms with E-state index in [0.717, 1.165) is 42.0 Å². The van der Waals surface area contributed by atoms with Gasteiger partial charge in [-0.05, 0) is 60.9 Å². The number of amides is 2. The Morgan fingerprint density at radius 1 is 0.771 bits per heavy atom. The molecule has 0 aliphatic heterocycles. The third-order valence-corrected chi connectivity index (χ3v) is 11.4. The first-order valence-electron chi connectivity index (χ1n) is 15.6. The summed E-state index contributed by atoms with van der Waals surface area (Å²) in [5, 5.41) is 4.12. The predicted molar refractivity (Wildman–Crippen MR) is 193 cm³/mol. The maximum absolute atomic E-state index is 14.7. The van der Waals surface area contributed by atoms with Crippen LogP contribution in [0.1, 0.15) is 43.2 Å². The molecule has 4 aromatic rings. The minimum atomic E-state index is -4.33. The fourth-order valence-corrected chi connectivity index (χ4v) is 8.40. The van der Waals surface area contributed by atoms with Gasteiger partial charge in [-0.3, -0.25) is 13.9 Å². The summed E-state index contributed by atoms with van der Waals surface area (Å²) < 4.78 is 29.3. The van der Waals surface area contributed by atoms with Crippen molar-refractivity contribution in [3.8, 4) is 0 Å². The van der Waals surface area contributed by atoms with E-state index < -0.39 is 28.5 Å². The molecule has 48 heavy (non-hydrogen) atoms. The minimum Gasteiger partial charge on any atom is -0.352 e. The summed E-state index contributed by atoms with van der Waals surface area (Å²) in [4.78, 5) is 30.3. The summed E-state index contributed by atoms with van der Waals surface area (Å²) >= 11 is 25.9. The highest BCUT2D eigenvalue weighted by Crippen LogP contribution is 2.34. The Labute approximate surface area is 301 Å². The molecular formula is C36H35Cl4N3O4S. The van der Waals surface area contributed by atoms with Crippen molar-refractivity contribution < 1.29 is 18.0 Å². The molecule has 7 nitrogen and oxygen atoms in total. The predicted octanol–water partition coefficient (Wildman–Crippen LogP) is 8.58. The number of benzene rings is 4. The number of sulfonamides is 1. The Bertz CT molecular complexity index is 1820. The van der Waals surface area contributed by atoms with Crippen LogP contribution in [0.5, 0.6) is 0 Å². The summed E-state index contributed by atoms with van der Waals surface area (Å²) in [5.74, 6) is -1.000. The highest BCUT2D eigenvalue weighted by atomic mass is 35.5. The van der Waals surface area contributed by atoms with Gasteiger partial charge in [-0.25, -0.2) is 8.42 Å². The molecule has 1 aliphatic carbocycles. The lowest BCUT2D eigenvalue weighted by Gasteiger charge is -2.35.